The van der Waals surface area contributed by atoms with E-state index in [-0.39, 0.29) is 12.5 Å². The van der Waals surface area contributed by atoms with Crippen molar-refractivity contribution in [2.24, 2.45) is 5.41 Å². The van der Waals surface area contributed by atoms with Crippen molar-refractivity contribution in [3.05, 3.63) is 34.9 Å². The van der Waals surface area contributed by atoms with Crippen molar-refractivity contribution < 1.29 is 14.7 Å². The number of carbonyl (C=O) groups excluding carboxylic acids is 1. The third-order valence-corrected chi connectivity index (χ3v) is 3.26. The van der Waals surface area contributed by atoms with E-state index in [9.17, 15) is 9.59 Å². The van der Waals surface area contributed by atoms with Gasteiger partial charge in [0.1, 0.15) is 0 Å². The molecule has 0 fully saturated rings. The van der Waals surface area contributed by atoms with Crippen molar-refractivity contribution in [2.75, 3.05) is 6.54 Å². The maximum Gasteiger partial charge on any atom is 0.311 e. The molecule has 1 aromatic rings. The molecule has 0 aliphatic carbocycles. The van der Waals surface area contributed by atoms with Crippen LogP contribution in [0.25, 0.3) is 0 Å². The summed E-state index contributed by atoms with van der Waals surface area (Å²) in [5, 5.41) is 12.2. The summed E-state index contributed by atoms with van der Waals surface area (Å²) in [5.41, 5.74) is -0.528. The van der Waals surface area contributed by atoms with E-state index in [4.69, 9.17) is 16.7 Å². The predicted octanol–water partition coefficient (Wildman–Crippen LogP) is 2.57. The molecule has 1 aromatic carbocycles. The molecule has 5 heteroatoms. The Bertz CT molecular complexity index is 461. The minimum atomic E-state index is -0.950. The number of hydrogen-bond acceptors (Lipinski definition) is 2. The van der Waals surface area contributed by atoms with Gasteiger partial charge in [-0.25, -0.2) is 0 Å². The van der Waals surface area contributed by atoms with Crippen LogP contribution < -0.4 is 5.32 Å². The first-order valence-electron chi connectivity index (χ1n) is 5.66. The van der Waals surface area contributed by atoms with Crippen LogP contribution in [0.4, 0.5) is 0 Å². The molecule has 0 bridgehead atoms. The average molecular weight is 270 g/mol. The second-order valence-electron chi connectivity index (χ2n) is 4.41. The summed E-state index contributed by atoms with van der Waals surface area (Å²) in [4.78, 5) is 22.9. The molecule has 0 saturated carbocycles. The number of hydrogen-bond donors (Lipinski definition) is 2. The molecule has 18 heavy (non-hydrogen) atoms. The van der Waals surface area contributed by atoms with Gasteiger partial charge in [-0.2, -0.15) is 0 Å². The number of carbonyl (C=O) groups is 2. The average Bonchev–Trinajstić information content (AvgIpc) is 2.35. The highest BCUT2D eigenvalue weighted by atomic mass is 35.5. The Morgan fingerprint density at radius 1 is 1.44 bits per heavy atom. The lowest BCUT2D eigenvalue weighted by Gasteiger charge is -2.23. The fourth-order valence-corrected chi connectivity index (χ4v) is 1.55. The van der Waals surface area contributed by atoms with Crippen LogP contribution in [0.2, 0.25) is 5.02 Å². The van der Waals surface area contributed by atoms with Crippen LogP contribution in [0, 0.1) is 5.41 Å². The number of aliphatic carboxylic acids is 1. The van der Waals surface area contributed by atoms with E-state index >= 15 is 0 Å². The maximum atomic E-state index is 11.8. The lowest BCUT2D eigenvalue weighted by atomic mass is 9.87. The predicted molar refractivity (Wildman–Crippen MR) is 69.8 cm³/mol. The van der Waals surface area contributed by atoms with Crippen LogP contribution in [0.1, 0.15) is 30.6 Å². The van der Waals surface area contributed by atoms with E-state index in [2.05, 4.69) is 5.32 Å². The van der Waals surface area contributed by atoms with E-state index in [1.807, 2.05) is 0 Å². The summed E-state index contributed by atoms with van der Waals surface area (Å²) in [6, 6.07) is 6.52. The van der Waals surface area contributed by atoms with Crippen molar-refractivity contribution in [1.82, 2.24) is 5.32 Å². The minimum Gasteiger partial charge on any atom is -0.481 e. The molecule has 0 heterocycles. The van der Waals surface area contributed by atoms with Crippen LogP contribution in [-0.2, 0) is 4.79 Å². The molecule has 0 saturated heterocycles. The third-order valence-electron chi connectivity index (χ3n) is 3.02. The van der Waals surface area contributed by atoms with Gasteiger partial charge in [0, 0.05) is 17.1 Å². The Morgan fingerprint density at radius 3 is 2.61 bits per heavy atom. The summed E-state index contributed by atoms with van der Waals surface area (Å²) in [6.07, 6.45) is 0.443. The summed E-state index contributed by atoms with van der Waals surface area (Å²) in [6.45, 7) is 3.47. The molecular weight excluding hydrogens is 254 g/mol. The minimum absolute atomic E-state index is 0.0875. The van der Waals surface area contributed by atoms with Gasteiger partial charge in [0.15, 0.2) is 0 Å². The fraction of sp³-hybridized carbons (Fsp3) is 0.385. The Hall–Kier alpha value is -1.55. The first-order chi connectivity index (χ1) is 8.39. The third kappa shape index (κ3) is 3.47. The van der Waals surface area contributed by atoms with Gasteiger partial charge in [0.25, 0.3) is 5.91 Å². The molecule has 1 atom stereocenters. The maximum absolute atomic E-state index is 11.8. The number of benzene rings is 1. The van der Waals surface area contributed by atoms with Crippen molar-refractivity contribution in [3.8, 4) is 0 Å². The van der Waals surface area contributed by atoms with E-state index in [0.717, 1.165) is 0 Å². The van der Waals surface area contributed by atoms with Gasteiger partial charge in [-0.05, 0) is 31.5 Å². The van der Waals surface area contributed by atoms with E-state index in [0.29, 0.717) is 17.0 Å². The number of carboxylic acid groups (broad SMARTS) is 1. The molecule has 98 valence electrons. The fourth-order valence-electron chi connectivity index (χ4n) is 1.36. The van der Waals surface area contributed by atoms with Crippen molar-refractivity contribution >= 4 is 23.5 Å². The summed E-state index contributed by atoms with van der Waals surface area (Å²) < 4.78 is 0. The number of nitrogens with one attached hydrogen (secondary N) is 1. The Morgan fingerprint density at radius 2 is 2.11 bits per heavy atom. The lowest BCUT2D eigenvalue weighted by molar-refractivity contribution is -0.147. The molecule has 1 amide bonds. The lowest BCUT2D eigenvalue weighted by Crippen LogP contribution is -2.40. The zero-order valence-electron chi connectivity index (χ0n) is 10.4. The SMILES string of the molecule is CCC(C)(CNC(=O)c1cccc(Cl)c1)C(=O)O. The van der Waals surface area contributed by atoms with Crippen LogP contribution in [0.15, 0.2) is 24.3 Å². The highest BCUT2D eigenvalue weighted by Crippen LogP contribution is 2.20. The Labute approximate surface area is 111 Å². The number of carboxylic acids is 1. The molecule has 0 spiro atoms. The summed E-state index contributed by atoms with van der Waals surface area (Å²) in [5.74, 6) is -1.24. The smallest absolute Gasteiger partial charge is 0.311 e. The van der Waals surface area contributed by atoms with Crippen molar-refractivity contribution in [1.29, 1.82) is 0 Å². The van der Waals surface area contributed by atoms with E-state index in [1.54, 1.807) is 38.1 Å². The largest absolute Gasteiger partial charge is 0.481 e. The molecule has 0 aliphatic rings. The zero-order chi connectivity index (χ0) is 13.8. The monoisotopic (exact) mass is 269 g/mol. The second kappa shape index (κ2) is 5.87. The summed E-state index contributed by atoms with van der Waals surface area (Å²) >= 11 is 5.78. The van der Waals surface area contributed by atoms with Crippen LogP contribution >= 0.6 is 11.6 Å². The Balaban J connectivity index is 2.69. The number of amides is 1. The number of halogens is 1. The molecule has 0 aromatic heterocycles. The molecule has 1 unspecified atom stereocenters. The van der Waals surface area contributed by atoms with Gasteiger partial charge in [0.2, 0.25) is 0 Å². The van der Waals surface area contributed by atoms with Gasteiger partial charge >= 0.3 is 5.97 Å². The van der Waals surface area contributed by atoms with Crippen molar-refractivity contribution in [3.63, 3.8) is 0 Å². The van der Waals surface area contributed by atoms with Gasteiger partial charge in [-0.15, -0.1) is 0 Å². The van der Waals surface area contributed by atoms with Crippen LogP contribution in [0.3, 0.4) is 0 Å². The second-order valence-corrected chi connectivity index (χ2v) is 4.85. The molecule has 1 rings (SSSR count). The van der Waals surface area contributed by atoms with Gasteiger partial charge in [-0.1, -0.05) is 24.6 Å². The standard InChI is InChI=1S/C13H16ClNO3/c1-3-13(2,12(17)18)8-15-11(16)9-5-4-6-10(14)7-9/h4-7H,3,8H2,1-2H3,(H,15,16)(H,17,18). The molecule has 0 aliphatic heterocycles. The van der Waals surface area contributed by atoms with Crippen molar-refractivity contribution in [2.45, 2.75) is 20.3 Å². The molecule has 0 radical (unpaired) electrons. The van der Waals surface area contributed by atoms with Gasteiger partial charge in [-0.3, -0.25) is 9.59 Å². The topological polar surface area (TPSA) is 66.4 Å². The first-order valence-corrected chi connectivity index (χ1v) is 6.04. The normalized spacial score (nSPS) is 13.7. The highest BCUT2D eigenvalue weighted by Gasteiger charge is 2.31. The highest BCUT2D eigenvalue weighted by molar-refractivity contribution is 6.30. The van der Waals surface area contributed by atoms with E-state index in [1.165, 1.54) is 0 Å². The van der Waals surface area contributed by atoms with Crippen LogP contribution in [-0.4, -0.2) is 23.5 Å². The molecule has 4 nitrogen and oxygen atoms in total. The molecule has 2 N–H and O–H groups in total. The summed E-state index contributed by atoms with van der Waals surface area (Å²) in [7, 11) is 0. The van der Waals surface area contributed by atoms with Crippen LogP contribution in [0.5, 0.6) is 0 Å². The zero-order valence-corrected chi connectivity index (χ0v) is 11.1. The first kappa shape index (κ1) is 14.5. The number of rotatable bonds is 5. The van der Waals surface area contributed by atoms with E-state index < -0.39 is 11.4 Å². The quantitative estimate of drug-likeness (QED) is 0.863. The Kier molecular flexibility index (Phi) is 4.73. The van der Waals surface area contributed by atoms with Gasteiger partial charge < -0.3 is 10.4 Å². The van der Waals surface area contributed by atoms with Gasteiger partial charge in [0.05, 0.1) is 5.41 Å². The molecular formula is C13H16ClNO3.